The smallest absolute Gasteiger partial charge is 0.309 e. The van der Waals surface area contributed by atoms with Gasteiger partial charge in [0.05, 0.1) is 29.6 Å². The number of aliphatic carboxylic acids is 1. The molecule has 0 spiro atoms. The number of phenolic OH excluding ortho intramolecular Hbond substituents is 1. The van der Waals surface area contributed by atoms with Gasteiger partial charge in [0.1, 0.15) is 11.6 Å². The highest BCUT2D eigenvalue weighted by atomic mass is 19.1. The molecule has 0 fully saturated rings. The number of hydrogen-bond donors (Lipinski definition) is 3. The van der Waals surface area contributed by atoms with Crippen LogP contribution >= 0.6 is 0 Å². The maximum atomic E-state index is 13.1. The Bertz CT molecular complexity index is 686. The number of aromatic hydroxyl groups is 1. The second kappa shape index (κ2) is 6.00. The SMILES string of the molecule is O=C(O)Cc1ccc(NC(=O)c2cc(F)ccc2O)cn1. The van der Waals surface area contributed by atoms with Gasteiger partial charge in [-0.1, -0.05) is 0 Å². The zero-order valence-corrected chi connectivity index (χ0v) is 10.7. The number of nitrogens with one attached hydrogen (secondary N) is 1. The van der Waals surface area contributed by atoms with E-state index in [1.165, 1.54) is 18.3 Å². The first-order chi connectivity index (χ1) is 9.95. The van der Waals surface area contributed by atoms with Crippen molar-refractivity contribution in [3.8, 4) is 5.75 Å². The molecule has 1 aromatic carbocycles. The molecular weight excluding hydrogens is 279 g/mol. The van der Waals surface area contributed by atoms with Crippen LogP contribution < -0.4 is 5.32 Å². The molecular formula is C14H11FN2O4. The van der Waals surface area contributed by atoms with Crippen LogP contribution in [0.15, 0.2) is 36.5 Å². The van der Waals surface area contributed by atoms with E-state index in [0.717, 1.165) is 18.2 Å². The number of hydrogen-bond acceptors (Lipinski definition) is 4. The molecule has 2 rings (SSSR count). The van der Waals surface area contributed by atoms with Gasteiger partial charge in [0.2, 0.25) is 0 Å². The fourth-order valence-corrected chi connectivity index (χ4v) is 1.65. The van der Waals surface area contributed by atoms with Crippen molar-refractivity contribution in [2.45, 2.75) is 6.42 Å². The van der Waals surface area contributed by atoms with Crippen LogP contribution in [0, 0.1) is 5.82 Å². The number of pyridine rings is 1. The summed E-state index contributed by atoms with van der Waals surface area (Å²) in [6.07, 6.45) is 1.06. The lowest BCUT2D eigenvalue weighted by atomic mass is 10.2. The summed E-state index contributed by atoms with van der Waals surface area (Å²) in [5.74, 6) is -2.69. The summed E-state index contributed by atoms with van der Waals surface area (Å²) in [5.41, 5.74) is 0.441. The van der Waals surface area contributed by atoms with Gasteiger partial charge in [-0.15, -0.1) is 0 Å². The van der Waals surface area contributed by atoms with Gasteiger partial charge in [0.15, 0.2) is 0 Å². The first-order valence-electron chi connectivity index (χ1n) is 5.92. The van der Waals surface area contributed by atoms with Gasteiger partial charge in [-0.05, 0) is 30.3 Å². The molecule has 2 aromatic rings. The highest BCUT2D eigenvalue weighted by Gasteiger charge is 2.12. The van der Waals surface area contributed by atoms with Crippen molar-refractivity contribution in [2.75, 3.05) is 5.32 Å². The normalized spacial score (nSPS) is 10.1. The molecule has 1 amide bonds. The number of aromatic nitrogens is 1. The summed E-state index contributed by atoms with van der Waals surface area (Å²) < 4.78 is 13.1. The summed E-state index contributed by atoms with van der Waals surface area (Å²) in [6, 6.07) is 5.96. The van der Waals surface area contributed by atoms with Crippen molar-refractivity contribution in [1.82, 2.24) is 4.98 Å². The van der Waals surface area contributed by atoms with E-state index in [9.17, 15) is 19.1 Å². The molecule has 0 saturated carbocycles. The van der Waals surface area contributed by atoms with Gasteiger partial charge in [0, 0.05) is 0 Å². The van der Waals surface area contributed by atoms with E-state index in [4.69, 9.17) is 5.11 Å². The number of carboxylic acid groups (broad SMARTS) is 1. The number of anilines is 1. The molecule has 0 atom stereocenters. The van der Waals surface area contributed by atoms with Crippen LogP contribution in [0.4, 0.5) is 10.1 Å². The molecule has 108 valence electrons. The van der Waals surface area contributed by atoms with Gasteiger partial charge in [-0.3, -0.25) is 14.6 Å². The molecule has 0 saturated heterocycles. The molecule has 3 N–H and O–H groups in total. The van der Waals surface area contributed by atoms with E-state index in [1.54, 1.807) is 0 Å². The highest BCUT2D eigenvalue weighted by molar-refractivity contribution is 6.06. The Hall–Kier alpha value is -2.96. The molecule has 0 aliphatic rings. The maximum absolute atomic E-state index is 13.1. The number of phenols is 1. The Morgan fingerprint density at radius 1 is 1.24 bits per heavy atom. The number of nitrogens with zero attached hydrogens (tertiary/aromatic N) is 1. The summed E-state index contributed by atoms with van der Waals surface area (Å²) >= 11 is 0. The van der Waals surface area contributed by atoms with Crippen LogP contribution in [0.3, 0.4) is 0 Å². The second-order valence-electron chi connectivity index (χ2n) is 4.22. The van der Waals surface area contributed by atoms with E-state index in [2.05, 4.69) is 10.3 Å². The number of halogens is 1. The van der Waals surface area contributed by atoms with E-state index in [-0.39, 0.29) is 17.7 Å². The topological polar surface area (TPSA) is 99.5 Å². The Kier molecular flexibility index (Phi) is 4.13. The van der Waals surface area contributed by atoms with Gasteiger partial charge in [-0.2, -0.15) is 0 Å². The largest absolute Gasteiger partial charge is 0.507 e. The minimum Gasteiger partial charge on any atom is -0.507 e. The second-order valence-corrected chi connectivity index (χ2v) is 4.22. The number of carbonyl (C=O) groups is 2. The third kappa shape index (κ3) is 3.75. The summed E-state index contributed by atoms with van der Waals surface area (Å²) in [4.78, 5) is 26.3. The third-order valence-corrected chi connectivity index (χ3v) is 2.62. The lowest BCUT2D eigenvalue weighted by Crippen LogP contribution is -2.13. The van der Waals surface area contributed by atoms with Gasteiger partial charge < -0.3 is 15.5 Å². The molecule has 0 aliphatic heterocycles. The van der Waals surface area contributed by atoms with E-state index < -0.39 is 17.7 Å². The average Bonchev–Trinajstić information content (AvgIpc) is 2.43. The quantitative estimate of drug-likeness (QED) is 0.797. The molecule has 1 aromatic heterocycles. The lowest BCUT2D eigenvalue weighted by molar-refractivity contribution is -0.136. The van der Waals surface area contributed by atoms with Crippen LogP contribution in [-0.2, 0) is 11.2 Å². The van der Waals surface area contributed by atoms with Crippen molar-refractivity contribution in [3.05, 3.63) is 53.6 Å². The average molecular weight is 290 g/mol. The van der Waals surface area contributed by atoms with E-state index >= 15 is 0 Å². The number of benzene rings is 1. The predicted molar refractivity (Wildman–Crippen MR) is 71.6 cm³/mol. The Balaban J connectivity index is 2.12. The fourth-order valence-electron chi connectivity index (χ4n) is 1.65. The number of amides is 1. The van der Waals surface area contributed by atoms with Crippen LogP contribution in [0.25, 0.3) is 0 Å². The highest BCUT2D eigenvalue weighted by Crippen LogP contribution is 2.19. The van der Waals surface area contributed by atoms with Crippen molar-refractivity contribution in [3.63, 3.8) is 0 Å². The molecule has 0 aliphatic carbocycles. The van der Waals surface area contributed by atoms with Crippen molar-refractivity contribution in [1.29, 1.82) is 0 Å². The summed E-state index contributed by atoms with van der Waals surface area (Å²) in [6.45, 7) is 0. The van der Waals surface area contributed by atoms with Crippen molar-refractivity contribution < 1.29 is 24.2 Å². The Morgan fingerprint density at radius 3 is 2.62 bits per heavy atom. The summed E-state index contributed by atoms with van der Waals surface area (Å²) in [5, 5.41) is 20.6. The molecule has 0 radical (unpaired) electrons. The maximum Gasteiger partial charge on any atom is 0.309 e. The Labute approximate surface area is 118 Å². The van der Waals surface area contributed by atoms with Crippen LogP contribution in [0.2, 0.25) is 0 Å². The number of carboxylic acids is 1. The minimum atomic E-state index is -1.01. The Morgan fingerprint density at radius 2 is 2.00 bits per heavy atom. The third-order valence-electron chi connectivity index (χ3n) is 2.62. The zero-order valence-electron chi connectivity index (χ0n) is 10.7. The zero-order chi connectivity index (χ0) is 15.4. The van der Waals surface area contributed by atoms with Crippen molar-refractivity contribution >= 4 is 17.6 Å². The first kappa shape index (κ1) is 14.4. The van der Waals surface area contributed by atoms with Gasteiger partial charge in [-0.25, -0.2) is 4.39 Å². The van der Waals surface area contributed by atoms with Crippen LogP contribution in [0.5, 0.6) is 5.75 Å². The predicted octanol–water partition coefficient (Wildman–Crippen LogP) is 1.81. The van der Waals surface area contributed by atoms with Gasteiger partial charge >= 0.3 is 5.97 Å². The molecule has 7 heteroatoms. The monoisotopic (exact) mass is 290 g/mol. The fraction of sp³-hybridized carbons (Fsp3) is 0.0714. The molecule has 6 nitrogen and oxygen atoms in total. The van der Waals surface area contributed by atoms with E-state index in [1.807, 2.05) is 0 Å². The van der Waals surface area contributed by atoms with Gasteiger partial charge in [0.25, 0.3) is 5.91 Å². The summed E-state index contributed by atoms with van der Waals surface area (Å²) in [7, 11) is 0. The van der Waals surface area contributed by atoms with Crippen LogP contribution in [-0.4, -0.2) is 27.1 Å². The van der Waals surface area contributed by atoms with Crippen molar-refractivity contribution in [2.24, 2.45) is 0 Å². The number of rotatable bonds is 4. The standard InChI is InChI=1S/C14H11FN2O4/c15-8-1-4-12(18)11(5-8)14(21)17-10-3-2-9(16-7-10)6-13(19)20/h1-5,7,18H,6H2,(H,17,21)(H,19,20). The number of carbonyl (C=O) groups excluding carboxylic acids is 1. The molecule has 21 heavy (non-hydrogen) atoms. The molecule has 0 bridgehead atoms. The first-order valence-corrected chi connectivity index (χ1v) is 5.92. The lowest BCUT2D eigenvalue weighted by Gasteiger charge is -2.07. The molecule has 1 heterocycles. The molecule has 0 unspecified atom stereocenters. The van der Waals surface area contributed by atoms with Crippen LogP contribution in [0.1, 0.15) is 16.1 Å². The van der Waals surface area contributed by atoms with E-state index in [0.29, 0.717) is 11.4 Å². The minimum absolute atomic E-state index is 0.204.